The van der Waals surface area contributed by atoms with Crippen LogP contribution in [0, 0.1) is 0 Å². The zero-order valence-corrected chi connectivity index (χ0v) is 28.8. The highest BCUT2D eigenvalue weighted by Gasteiger charge is 2.20. The molecule has 262 valence electrons. The van der Waals surface area contributed by atoms with E-state index in [-0.39, 0.29) is 5.41 Å². The molecule has 1 aliphatic rings. The molecule has 0 aliphatic carbocycles. The van der Waals surface area contributed by atoms with Crippen LogP contribution in [0.25, 0.3) is 0 Å². The monoisotopic (exact) mass is 692 g/mol. The van der Waals surface area contributed by atoms with E-state index in [2.05, 4.69) is 97.3 Å². The van der Waals surface area contributed by atoms with Gasteiger partial charge in [-0.25, -0.2) is 19.2 Å². The average Bonchev–Trinajstić information content (AvgIpc) is 3.05. The molecule has 0 amide bonds. The number of nitrogens with zero attached hydrogens (tertiary/aromatic N) is 2. The van der Waals surface area contributed by atoms with Crippen molar-refractivity contribution in [2.75, 3.05) is 32.7 Å². The molecule has 49 heavy (non-hydrogen) atoms. The Labute approximate surface area is 292 Å². The number of aliphatic carboxylic acids is 4. The number of benzene rings is 3. The van der Waals surface area contributed by atoms with Crippen LogP contribution in [0.1, 0.15) is 55.4 Å². The van der Waals surface area contributed by atoms with Gasteiger partial charge in [0, 0.05) is 68.0 Å². The van der Waals surface area contributed by atoms with Crippen LogP contribution in [0.15, 0.2) is 103 Å². The molecule has 4 N–H and O–H groups in total. The summed E-state index contributed by atoms with van der Waals surface area (Å²) >= 11 is 6.15. The number of piperazine rings is 1. The minimum Gasteiger partial charge on any atom is -0.478 e. The van der Waals surface area contributed by atoms with Crippen LogP contribution in [0.3, 0.4) is 0 Å². The second-order valence-corrected chi connectivity index (χ2v) is 12.8. The molecule has 3 aromatic rings. The van der Waals surface area contributed by atoms with E-state index in [1.54, 1.807) is 0 Å². The highest BCUT2D eigenvalue weighted by atomic mass is 35.5. The number of hydrogen-bond acceptors (Lipinski definition) is 6. The zero-order chi connectivity index (χ0) is 36.4. The van der Waals surface area contributed by atoms with E-state index < -0.39 is 23.9 Å². The van der Waals surface area contributed by atoms with Crippen LogP contribution >= 0.6 is 11.6 Å². The summed E-state index contributed by atoms with van der Waals surface area (Å²) in [6.07, 6.45) is 3.36. The SMILES string of the molecule is CC(C)(C)c1ccc(CN2CCN(CCC(c3ccccc3)c3ccc(Cl)cc3)CC2)cc1.O=C(O)/C=C\C(=O)O.O=C(O)/C=C\C(=O)O. The molecule has 4 rings (SSSR count). The lowest BCUT2D eigenvalue weighted by atomic mass is 9.87. The largest absolute Gasteiger partial charge is 0.478 e. The van der Waals surface area contributed by atoms with Gasteiger partial charge in [0.15, 0.2) is 0 Å². The van der Waals surface area contributed by atoms with Gasteiger partial charge in [0.25, 0.3) is 0 Å². The number of carboxylic acid groups (broad SMARTS) is 4. The molecule has 0 spiro atoms. The van der Waals surface area contributed by atoms with Crippen molar-refractivity contribution in [2.24, 2.45) is 0 Å². The number of carbonyl (C=O) groups is 4. The van der Waals surface area contributed by atoms with Gasteiger partial charge in [-0.1, -0.05) is 99.1 Å². The van der Waals surface area contributed by atoms with Crippen LogP contribution in [0.5, 0.6) is 0 Å². The number of rotatable bonds is 11. The quantitative estimate of drug-likeness (QED) is 0.166. The lowest BCUT2D eigenvalue weighted by Crippen LogP contribution is -2.46. The summed E-state index contributed by atoms with van der Waals surface area (Å²) in [4.78, 5) is 43.4. The van der Waals surface area contributed by atoms with E-state index in [0.717, 1.165) is 50.7 Å². The first-order valence-electron chi connectivity index (χ1n) is 15.8. The molecule has 10 nitrogen and oxygen atoms in total. The second-order valence-electron chi connectivity index (χ2n) is 12.4. The Bertz CT molecular complexity index is 1480. The molecule has 0 bridgehead atoms. The number of halogens is 1. The fourth-order valence-corrected chi connectivity index (χ4v) is 5.17. The fraction of sp³-hybridized carbons (Fsp3) is 0.316. The molecular weight excluding hydrogens is 648 g/mol. The highest BCUT2D eigenvalue weighted by molar-refractivity contribution is 6.30. The molecule has 11 heteroatoms. The van der Waals surface area contributed by atoms with Crippen molar-refractivity contribution in [2.45, 2.75) is 45.1 Å². The molecule has 1 saturated heterocycles. The van der Waals surface area contributed by atoms with Gasteiger partial charge in [0.05, 0.1) is 0 Å². The molecule has 0 saturated carbocycles. The predicted octanol–water partition coefficient (Wildman–Crippen LogP) is 6.40. The van der Waals surface area contributed by atoms with Crippen LogP contribution in [-0.4, -0.2) is 86.8 Å². The summed E-state index contributed by atoms with van der Waals surface area (Å²) in [5.74, 6) is -4.62. The van der Waals surface area contributed by atoms with Crippen LogP contribution in [-0.2, 0) is 31.1 Å². The lowest BCUT2D eigenvalue weighted by Gasteiger charge is -2.35. The molecule has 0 radical (unpaired) electrons. The summed E-state index contributed by atoms with van der Waals surface area (Å²) in [7, 11) is 0. The van der Waals surface area contributed by atoms with Gasteiger partial charge in [-0.15, -0.1) is 0 Å². The Kier molecular flexibility index (Phi) is 17.0. The first-order valence-corrected chi connectivity index (χ1v) is 16.1. The maximum Gasteiger partial charge on any atom is 0.328 e. The van der Waals surface area contributed by atoms with Gasteiger partial charge in [-0.3, -0.25) is 4.90 Å². The van der Waals surface area contributed by atoms with Gasteiger partial charge in [-0.2, -0.15) is 0 Å². The first-order chi connectivity index (χ1) is 23.1. The van der Waals surface area contributed by atoms with Gasteiger partial charge in [0.2, 0.25) is 0 Å². The Hall–Kier alpha value is -4.77. The zero-order valence-electron chi connectivity index (χ0n) is 28.0. The Morgan fingerprint density at radius 3 is 1.51 bits per heavy atom. The van der Waals surface area contributed by atoms with Gasteiger partial charge >= 0.3 is 23.9 Å². The van der Waals surface area contributed by atoms with Crippen molar-refractivity contribution in [1.29, 1.82) is 0 Å². The topological polar surface area (TPSA) is 156 Å². The van der Waals surface area contributed by atoms with Gasteiger partial charge < -0.3 is 25.3 Å². The fourth-order valence-electron chi connectivity index (χ4n) is 5.04. The Morgan fingerprint density at radius 2 is 1.08 bits per heavy atom. The van der Waals surface area contributed by atoms with E-state index in [1.807, 2.05) is 12.1 Å². The summed E-state index contributed by atoms with van der Waals surface area (Å²) < 4.78 is 0. The molecule has 1 aliphatic heterocycles. The number of hydrogen-bond donors (Lipinski definition) is 4. The second kappa shape index (κ2) is 20.6. The van der Waals surface area contributed by atoms with E-state index >= 15 is 0 Å². The lowest BCUT2D eigenvalue weighted by molar-refractivity contribution is -0.134. The molecule has 1 fully saturated rings. The summed E-state index contributed by atoms with van der Waals surface area (Å²) in [6, 6.07) is 28.5. The van der Waals surface area contributed by atoms with Gasteiger partial charge in [0.1, 0.15) is 0 Å². The van der Waals surface area contributed by atoms with E-state index in [0.29, 0.717) is 30.2 Å². The standard InChI is InChI=1S/C30H37ClN2.2C4H4O4/c1-30(2,3)27-13-9-24(10-14-27)23-33-21-19-32(20-22-33)18-17-29(25-7-5-4-6-8-25)26-11-15-28(31)16-12-26;2*5-3(6)1-2-4(7)8/h4-16,29H,17-23H2,1-3H3;2*1-2H,(H,5,6)(H,7,8)/b;2*2-1-. The molecule has 0 aromatic heterocycles. The van der Waals surface area contributed by atoms with Crippen LogP contribution < -0.4 is 0 Å². The average molecular weight is 693 g/mol. The number of carboxylic acids is 4. The first kappa shape index (κ1) is 40.4. The minimum atomic E-state index is -1.26. The molecular formula is C38H45ClN2O8. The maximum absolute atomic E-state index is 9.55. The highest BCUT2D eigenvalue weighted by Crippen LogP contribution is 2.29. The van der Waals surface area contributed by atoms with Gasteiger partial charge in [-0.05, 0) is 52.8 Å². The molecule has 1 atom stereocenters. The molecule has 3 aromatic carbocycles. The van der Waals surface area contributed by atoms with E-state index in [4.69, 9.17) is 32.0 Å². The van der Waals surface area contributed by atoms with Crippen molar-refractivity contribution in [3.05, 3.63) is 130 Å². The summed E-state index contributed by atoms with van der Waals surface area (Å²) in [5, 5.41) is 32.0. The van der Waals surface area contributed by atoms with Crippen molar-refractivity contribution in [3.8, 4) is 0 Å². The minimum absolute atomic E-state index is 0.216. The predicted molar refractivity (Wildman–Crippen MR) is 190 cm³/mol. The normalized spacial score (nSPS) is 14.3. The van der Waals surface area contributed by atoms with E-state index in [9.17, 15) is 19.2 Å². The van der Waals surface area contributed by atoms with Crippen molar-refractivity contribution < 1.29 is 39.6 Å². The third-order valence-corrected chi connectivity index (χ3v) is 7.89. The summed E-state index contributed by atoms with van der Waals surface area (Å²) in [6.45, 7) is 13.6. The maximum atomic E-state index is 9.55. The van der Waals surface area contributed by atoms with E-state index in [1.165, 1.54) is 22.3 Å². The van der Waals surface area contributed by atoms with Crippen molar-refractivity contribution in [3.63, 3.8) is 0 Å². The van der Waals surface area contributed by atoms with Crippen LogP contribution in [0.2, 0.25) is 5.02 Å². The van der Waals surface area contributed by atoms with Crippen LogP contribution in [0.4, 0.5) is 0 Å². The Morgan fingerprint density at radius 1 is 0.653 bits per heavy atom. The van der Waals surface area contributed by atoms with Crippen molar-refractivity contribution >= 4 is 35.5 Å². The molecule has 1 unspecified atom stereocenters. The molecule has 1 heterocycles. The Balaban J connectivity index is 0.000000432. The summed E-state index contributed by atoms with van der Waals surface area (Å²) in [5.41, 5.74) is 5.78. The smallest absolute Gasteiger partial charge is 0.328 e. The third kappa shape index (κ3) is 16.8. The third-order valence-electron chi connectivity index (χ3n) is 7.64. The van der Waals surface area contributed by atoms with Crippen molar-refractivity contribution in [1.82, 2.24) is 9.80 Å².